The molecule has 8 heteroatoms. The minimum atomic E-state index is -0.326. The number of rotatable bonds is 4. The second-order valence-electron chi connectivity index (χ2n) is 6.61. The molecule has 1 aromatic carbocycles. The van der Waals surface area contributed by atoms with E-state index in [1.54, 1.807) is 42.2 Å². The highest BCUT2D eigenvalue weighted by Gasteiger charge is 2.33. The molecule has 142 valence electrons. The zero-order chi connectivity index (χ0) is 18.7. The van der Waals surface area contributed by atoms with Gasteiger partial charge in [-0.15, -0.1) is 0 Å². The molecule has 0 spiro atoms. The number of benzene rings is 1. The number of anilines is 1. The van der Waals surface area contributed by atoms with Crippen molar-refractivity contribution < 1.29 is 24.2 Å². The van der Waals surface area contributed by atoms with Gasteiger partial charge in [0.05, 0.1) is 26.4 Å². The van der Waals surface area contributed by atoms with Crippen LogP contribution in [-0.2, 0) is 4.79 Å². The number of aliphatic hydroxyl groups is 1. The van der Waals surface area contributed by atoms with Crippen LogP contribution in [0.2, 0.25) is 0 Å². The molecule has 0 bridgehead atoms. The molecule has 1 aromatic rings. The van der Waals surface area contributed by atoms with Crippen LogP contribution >= 0.6 is 0 Å². The summed E-state index contributed by atoms with van der Waals surface area (Å²) in [7, 11) is 3.11. The predicted octanol–water partition coefficient (Wildman–Crippen LogP) is 0.975. The lowest BCUT2D eigenvalue weighted by Gasteiger charge is -2.30. The normalized spacial score (nSPS) is 21.0. The predicted molar refractivity (Wildman–Crippen MR) is 95.6 cm³/mol. The Morgan fingerprint density at radius 1 is 1.19 bits per heavy atom. The zero-order valence-corrected chi connectivity index (χ0v) is 15.1. The van der Waals surface area contributed by atoms with Gasteiger partial charge in [-0.25, -0.2) is 4.79 Å². The monoisotopic (exact) mass is 363 g/mol. The number of carbonyl (C=O) groups excluding carboxylic acids is 2. The van der Waals surface area contributed by atoms with E-state index in [4.69, 9.17) is 9.47 Å². The highest BCUT2D eigenvalue weighted by molar-refractivity contribution is 5.97. The summed E-state index contributed by atoms with van der Waals surface area (Å²) in [6.45, 7) is 1.48. The summed E-state index contributed by atoms with van der Waals surface area (Å²) in [5.74, 6) is 1.11. The van der Waals surface area contributed by atoms with Crippen molar-refractivity contribution in [1.82, 2.24) is 10.2 Å². The number of carbonyl (C=O) groups is 2. The number of methoxy groups -OCH3 is 2. The van der Waals surface area contributed by atoms with Gasteiger partial charge in [0.25, 0.3) is 0 Å². The molecule has 0 aliphatic carbocycles. The van der Waals surface area contributed by atoms with Crippen LogP contribution in [0.25, 0.3) is 0 Å². The van der Waals surface area contributed by atoms with Crippen molar-refractivity contribution in [2.75, 3.05) is 38.8 Å². The SMILES string of the molecule is COc1ccc(N2CC(NC(=O)N3CCC(O)CC3)CC2=O)cc1OC. The summed E-state index contributed by atoms with van der Waals surface area (Å²) < 4.78 is 10.5. The summed E-state index contributed by atoms with van der Waals surface area (Å²) in [5.41, 5.74) is 0.713. The lowest BCUT2D eigenvalue weighted by Crippen LogP contribution is -2.49. The van der Waals surface area contributed by atoms with Crippen LogP contribution in [0.15, 0.2) is 18.2 Å². The Morgan fingerprint density at radius 3 is 2.54 bits per heavy atom. The van der Waals surface area contributed by atoms with Gasteiger partial charge in [0.2, 0.25) is 5.91 Å². The average molecular weight is 363 g/mol. The number of nitrogens with zero attached hydrogens (tertiary/aromatic N) is 2. The molecule has 1 unspecified atom stereocenters. The molecule has 2 saturated heterocycles. The van der Waals surface area contributed by atoms with Crippen molar-refractivity contribution in [3.05, 3.63) is 18.2 Å². The molecule has 2 aliphatic heterocycles. The summed E-state index contributed by atoms with van der Waals surface area (Å²) in [6, 6.07) is 4.90. The van der Waals surface area contributed by atoms with Gasteiger partial charge in [-0.3, -0.25) is 4.79 Å². The standard InChI is InChI=1S/C18H25N3O5/c1-25-15-4-3-13(10-16(15)26-2)21-11-12(9-17(21)23)19-18(24)20-7-5-14(22)6-8-20/h3-4,10,12,14,22H,5-9,11H2,1-2H3,(H,19,24). The number of ether oxygens (including phenoxy) is 2. The third kappa shape index (κ3) is 3.85. The number of aliphatic hydroxyl groups excluding tert-OH is 1. The van der Waals surface area contributed by atoms with Gasteiger partial charge in [-0.1, -0.05) is 0 Å². The summed E-state index contributed by atoms with van der Waals surface area (Å²) in [6.07, 6.45) is 1.12. The number of hydrogen-bond donors (Lipinski definition) is 2. The maximum absolute atomic E-state index is 12.4. The molecular formula is C18H25N3O5. The van der Waals surface area contributed by atoms with Crippen LogP contribution in [0.3, 0.4) is 0 Å². The first kappa shape index (κ1) is 18.3. The number of likely N-dealkylation sites (tertiary alicyclic amines) is 1. The van der Waals surface area contributed by atoms with Gasteiger partial charge < -0.3 is 29.7 Å². The highest BCUT2D eigenvalue weighted by Crippen LogP contribution is 2.33. The number of urea groups is 1. The van der Waals surface area contributed by atoms with Crippen LogP contribution in [0.4, 0.5) is 10.5 Å². The fourth-order valence-corrected chi connectivity index (χ4v) is 3.38. The first-order valence-corrected chi connectivity index (χ1v) is 8.77. The molecule has 0 aromatic heterocycles. The molecule has 26 heavy (non-hydrogen) atoms. The lowest BCUT2D eigenvalue weighted by atomic mass is 10.1. The molecule has 0 saturated carbocycles. The molecule has 3 amide bonds. The second-order valence-corrected chi connectivity index (χ2v) is 6.61. The summed E-state index contributed by atoms with van der Waals surface area (Å²) in [4.78, 5) is 28.1. The summed E-state index contributed by atoms with van der Waals surface area (Å²) in [5, 5.41) is 12.5. The van der Waals surface area contributed by atoms with Gasteiger partial charge in [0.15, 0.2) is 11.5 Å². The number of amides is 3. The lowest BCUT2D eigenvalue weighted by molar-refractivity contribution is -0.117. The topological polar surface area (TPSA) is 91.3 Å². The number of nitrogens with one attached hydrogen (secondary N) is 1. The van der Waals surface area contributed by atoms with Crippen LogP contribution in [0.5, 0.6) is 11.5 Å². The minimum Gasteiger partial charge on any atom is -0.493 e. The van der Waals surface area contributed by atoms with E-state index >= 15 is 0 Å². The van der Waals surface area contributed by atoms with E-state index < -0.39 is 0 Å². The second kappa shape index (κ2) is 7.82. The maximum atomic E-state index is 12.4. The highest BCUT2D eigenvalue weighted by atomic mass is 16.5. The zero-order valence-electron chi connectivity index (χ0n) is 15.1. The fourth-order valence-electron chi connectivity index (χ4n) is 3.38. The minimum absolute atomic E-state index is 0.0448. The third-order valence-electron chi connectivity index (χ3n) is 4.88. The van der Waals surface area contributed by atoms with Crippen molar-refractivity contribution in [3.63, 3.8) is 0 Å². The van der Waals surface area contributed by atoms with Crippen LogP contribution in [0.1, 0.15) is 19.3 Å². The summed E-state index contributed by atoms with van der Waals surface area (Å²) >= 11 is 0. The van der Waals surface area contributed by atoms with E-state index in [0.29, 0.717) is 49.7 Å². The Bertz CT molecular complexity index is 673. The molecule has 8 nitrogen and oxygen atoms in total. The molecular weight excluding hydrogens is 338 g/mol. The number of hydrogen-bond acceptors (Lipinski definition) is 5. The van der Waals surface area contributed by atoms with E-state index in [1.165, 1.54) is 0 Å². The van der Waals surface area contributed by atoms with Crippen LogP contribution < -0.4 is 19.7 Å². The Morgan fingerprint density at radius 2 is 1.88 bits per heavy atom. The van der Waals surface area contributed by atoms with E-state index in [2.05, 4.69) is 5.32 Å². The van der Waals surface area contributed by atoms with Gasteiger partial charge in [0, 0.05) is 37.8 Å². The third-order valence-corrected chi connectivity index (χ3v) is 4.88. The van der Waals surface area contributed by atoms with Crippen molar-refractivity contribution in [1.29, 1.82) is 0 Å². The largest absolute Gasteiger partial charge is 0.493 e. The van der Waals surface area contributed by atoms with Crippen molar-refractivity contribution in [3.8, 4) is 11.5 Å². The first-order chi connectivity index (χ1) is 12.5. The Kier molecular flexibility index (Phi) is 5.51. The van der Waals surface area contributed by atoms with E-state index in [-0.39, 0.29) is 30.5 Å². The smallest absolute Gasteiger partial charge is 0.317 e. The maximum Gasteiger partial charge on any atom is 0.317 e. The molecule has 2 heterocycles. The molecule has 1 atom stereocenters. The van der Waals surface area contributed by atoms with Gasteiger partial charge in [0.1, 0.15) is 0 Å². The van der Waals surface area contributed by atoms with Gasteiger partial charge in [-0.2, -0.15) is 0 Å². The van der Waals surface area contributed by atoms with Gasteiger partial charge >= 0.3 is 6.03 Å². The van der Waals surface area contributed by atoms with E-state index in [0.717, 1.165) is 0 Å². The van der Waals surface area contributed by atoms with Crippen molar-refractivity contribution >= 4 is 17.6 Å². The Labute approximate surface area is 152 Å². The first-order valence-electron chi connectivity index (χ1n) is 8.77. The molecule has 2 N–H and O–H groups in total. The van der Waals surface area contributed by atoms with Crippen molar-refractivity contribution in [2.24, 2.45) is 0 Å². The van der Waals surface area contributed by atoms with Crippen molar-refractivity contribution in [2.45, 2.75) is 31.4 Å². The average Bonchev–Trinajstić information content (AvgIpc) is 3.01. The van der Waals surface area contributed by atoms with Crippen LogP contribution in [0, 0.1) is 0 Å². The molecule has 2 aliphatic rings. The van der Waals surface area contributed by atoms with E-state index in [9.17, 15) is 14.7 Å². The fraction of sp³-hybridized carbons (Fsp3) is 0.556. The quantitative estimate of drug-likeness (QED) is 0.832. The molecule has 3 rings (SSSR count). The molecule has 2 fully saturated rings. The van der Waals surface area contributed by atoms with Gasteiger partial charge in [-0.05, 0) is 25.0 Å². The Hall–Kier alpha value is -2.48. The number of piperidine rings is 1. The Balaban J connectivity index is 1.62. The molecule has 0 radical (unpaired) electrons. The van der Waals surface area contributed by atoms with E-state index in [1.807, 2.05) is 0 Å². The van der Waals surface area contributed by atoms with Crippen LogP contribution in [-0.4, -0.2) is 67.9 Å².